The molecule has 3 N–H and O–H groups in total. The van der Waals surface area contributed by atoms with Crippen molar-refractivity contribution in [1.82, 2.24) is 19.9 Å². The lowest BCUT2D eigenvalue weighted by molar-refractivity contribution is 0.0696. The van der Waals surface area contributed by atoms with Crippen LogP contribution in [0.15, 0.2) is 18.6 Å². The van der Waals surface area contributed by atoms with E-state index in [0.717, 1.165) is 0 Å². The van der Waals surface area contributed by atoms with Crippen molar-refractivity contribution < 1.29 is 9.90 Å². The van der Waals surface area contributed by atoms with Crippen molar-refractivity contribution in [3.8, 4) is 11.5 Å². The molecule has 2 rings (SSSR count). The smallest absolute Gasteiger partial charge is 0.341 e. The van der Waals surface area contributed by atoms with Gasteiger partial charge in [0.05, 0.1) is 5.69 Å². The molecule has 0 bridgehead atoms. The Hall–Kier alpha value is -2.57. The summed E-state index contributed by atoms with van der Waals surface area (Å²) in [6.07, 6.45) is 2.90. The highest BCUT2D eigenvalue weighted by Gasteiger charge is 2.16. The van der Waals surface area contributed by atoms with Gasteiger partial charge in [-0.25, -0.2) is 24.7 Å². The van der Waals surface area contributed by atoms with Crippen molar-refractivity contribution in [3.63, 3.8) is 0 Å². The Balaban J connectivity index is 2.57. The zero-order valence-corrected chi connectivity index (χ0v) is 8.95. The Bertz CT molecular complexity index is 547. The number of aromatic nitrogens is 4. The first-order valence-corrected chi connectivity index (χ1v) is 4.73. The Labute approximate surface area is 96.4 Å². The van der Waals surface area contributed by atoms with E-state index in [1.54, 1.807) is 19.2 Å². The van der Waals surface area contributed by atoms with E-state index in [0.29, 0.717) is 11.4 Å². The van der Waals surface area contributed by atoms with Crippen LogP contribution >= 0.6 is 0 Å². The van der Waals surface area contributed by atoms with E-state index in [-0.39, 0.29) is 17.2 Å². The minimum absolute atomic E-state index is 0.0707. The SMILES string of the molecule is Cc1nc(-c2ccncn2)nc(N)c1C(=O)O. The average Bonchev–Trinajstić information content (AvgIpc) is 2.28. The molecular weight excluding hydrogens is 222 g/mol. The van der Waals surface area contributed by atoms with E-state index < -0.39 is 5.97 Å². The van der Waals surface area contributed by atoms with Crippen LogP contribution in [0.25, 0.3) is 11.5 Å². The maximum atomic E-state index is 10.9. The van der Waals surface area contributed by atoms with Crippen molar-refractivity contribution in [3.05, 3.63) is 29.8 Å². The molecule has 0 saturated heterocycles. The third-order valence-corrected chi connectivity index (χ3v) is 2.14. The van der Waals surface area contributed by atoms with E-state index in [2.05, 4.69) is 19.9 Å². The number of rotatable bonds is 2. The summed E-state index contributed by atoms with van der Waals surface area (Å²) in [6.45, 7) is 1.56. The predicted molar refractivity (Wildman–Crippen MR) is 59.2 cm³/mol. The van der Waals surface area contributed by atoms with Gasteiger partial charge in [-0.05, 0) is 13.0 Å². The Morgan fingerprint density at radius 2 is 2.18 bits per heavy atom. The number of aromatic carboxylic acids is 1. The number of hydrogen-bond acceptors (Lipinski definition) is 6. The number of carboxylic acids is 1. The van der Waals surface area contributed by atoms with Crippen LogP contribution < -0.4 is 5.73 Å². The predicted octanol–water partition coefficient (Wildman–Crippen LogP) is 0.522. The molecule has 0 spiro atoms. The third kappa shape index (κ3) is 2.03. The van der Waals surface area contributed by atoms with Gasteiger partial charge in [-0.2, -0.15) is 0 Å². The van der Waals surface area contributed by atoms with Gasteiger partial charge in [0, 0.05) is 6.20 Å². The third-order valence-electron chi connectivity index (χ3n) is 2.14. The summed E-state index contributed by atoms with van der Waals surface area (Å²) in [6, 6.07) is 1.62. The zero-order chi connectivity index (χ0) is 12.4. The lowest BCUT2D eigenvalue weighted by atomic mass is 10.2. The molecule has 2 aromatic rings. The van der Waals surface area contributed by atoms with Gasteiger partial charge in [0.15, 0.2) is 5.82 Å². The van der Waals surface area contributed by atoms with Gasteiger partial charge in [-0.3, -0.25) is 0 Å². The average molecular weight is 231 g/mol. The molecule has 0 amide bonds. The number of anilines is 1. The van der Waals surface area contributed by atoms with Gasteiger partial charge in [-0.15, -0.1) is 0 Å². The van der Waals surface area contributed by atoms with Crippen LogP contribution in [-0.4, -0.2) is 31.0 Å². The summed E-state index contributed by atoms with van der Waals surface area (Å²) in [5.74, 6) is -0.930. The van der Waals surface area contributed by atoms with E-state index >= 15 is 0 Å². The van der Waals surface area contributed by atoms with Crippen molar-refractivity contribution >= 4 is 11.8 Å². The molecule has 0 saturated carbocycles. The monoisotopic (exact) mass is 231 g/mol. The van der Waals surface area contributed by atoms with Crippen LogP contribution in [-0.2, 0) is 0 Å². The summed E-state index contributed by atoms with van der Waals surface area (Å²) < 4.78 is 0. The highest BCUT2D eigenvalue weighted by atomic mass is 16.4. The van der Waals surface area contributed by atoms with Gasteiger partial charge in [0.1, 0.15) is 23.4 Å². The first-order chi connectivity index (χ1) is 8.09. The fraction of sp³-hybridized carbons (Fsp3) is 0.100. The number of nitrogens with two attached hydrogens (primary N) is 1. The highest BCUT2D eigenvalue weighted by Crippen LogP contribution is 2.18. The molecule has 0 aliphatic heterocycles. The fourth-order valence-corrected chi connectivity index (χ4v) is 1.40. The van der Waals surface area contributed by atoms with E-state index in [9.17, 15) is 4.79 Å². The Morgan fingerprint density at radius 1 is 1.41 bits per heavy atom. The van der Waals surface area contributed by atoms with Crippen LogP contribution in [0.5, 0.6) is 0 Å². The second kappa shape index (κ2) is 4.12. The maximum Gasteiger partial charge on any atom is 0.341 e. The second-order valence-electron chi connectivity index (χ2n) is 3.29. The van der Waals surface area contributed by atoms with Crippen LogP contribution in [0.3, 0.4) is 0 Å². The summed E-state index contributed by atoms with van der Waals surface area (Å²) in [4.78, 5) is 26.6. The van der Waals surface area contributed by atoms with Gasteiger partial charge in [0.2, 0.25) is 0 Å². The Morgan fingerprint density at radius 3 is 2.71 bits per heavy atom. The zero-order valence-electron chi connectivity index (χ0n) is 8.95. The van der Waals surface area contributed by atoms with Crippen molar-refractivity contribution in [2.45, 2.75) is 6.92 Å². The normalized spacial score (nSPS) is 10.2. The number of carboxylic acid groups (broad SMARTS) is 1. The molecule has 2 heterocycles. The first-order valence-electron chi connectivity index (χ1n) is 4.73. The van der Waals surface area contributed by atoms with Crippen LogP contribution in [0.1, 0.15) is 16.1 Å². The molecule has 0 aromatic carbocycles. The van der Waals surface area contributed by atoms with Crippen molar-refractivity contribution in [1.29, 1.82) is 0 Å². The molecule has 7 nitrogen and oxygen atoms in total. The molecule has 86 valence electrons. The number of hydrogen-bond donors (Lipinski definition) is 2. The quantitative estimate of drug-likeness (QED) is 0.774. The molecule has 0 aliphatic rings. The van der Waals surface area contributed by atoms with Gasteiger partial charge < -0.3 is 10.8 Å². The number of aryl methyl sites for hydroxylation is 1. The number of nitrogen functional groups attached to an aromatic ring is 1. The Kier molecular flexibility index (Phi) is 2.65. The van der Waals surface area contributed by atoms with Crippen molar-refractivity contribution in [2.75, 3.05) is 5.73 Å². The van der Waals surface area contributed by atoms with Crippen LogP contribution in [0.4, 0.5) is 5.82 Å². The van der Waals surface area contributed by atoms with Gasteiger partial charge in [0.25, 0.3) is 0 Å². The van der Waals surface area contributed by atoms with E-state index in [1.165, 1.54) is 6.33 Å². The molecule has 2 aromatic heterocycles. The largest absolute Gasteiger partial charge is 0.477 e. The molecule has 7 heteroatoms. The molecule has 0 radical (unpaired) electrons. The topological polar surface area (TPSA) is 115 Å². The van der Waals surface area contributed by atoms with E-state index in [4.69, 9.17) is 10.8 Å². The summed E-state index contributed by atoms with van der Waals surface area (Å²) in [5.41, 5.74) is 6.30. The van der Waals surface area contributed by atoms with E-state index in [1.807, 2.05) is 0 Å². The molecular formula is C10H9N5O2. The molecule has 17 heavy (non-hydrogen) atoms. The van der Waals surface area contributed by atoms with Gasteiger partial charge >= 0.3 is 5.97 Å². The lowest BCUT2D eigenvalue weighted by Gasteiger charge is -2.06. The lowest BCUT2D eigenvalue weighted by Crippen LogP contribution is -2.10. The molecule has 0 fully saturated rings. The fourth-order valence-electron chi connectivity index (χ4n) is 1.40. The van der Waals surface area contributed by atoms with Crippen LogP contribution in [0.2, 0.25) is 0 Å². The second-order valence-corrected chi connectivity index (χ2v) is 3.29. The minimum Gasteiger partial charge on any atom is -0.477 e. The molecule has 0 unspecified atom stereocenters. The molecule has 0 atom stereocenters. The minimum atomic E-state index is -1.14. The van der Waals surface area contributed by atoms with Crippen LogP contribution in [0, 0.1) is 6.92 Å². The highest BCUT2D eigenvalue weighted by molar-refractivity contribution is 5.94. The summed E-state index contributed by atoms with van der Waals surface area (Å²) in [5, 5.41) is 8.92. The number of carbonyl (C=O) groups is 1. The first kappa shape index (κ1) is 10.9. The number of nitrogens with zero attached hydrogens (tertiary/aromatic N) is 4. The standard InChI is InChI=1S/C10H9N5O2/c1-5-7(10(16)17)8(11)15-9(14-5)6-2-3-12-4-13-6/h2-4H,1H3,(H,16,17)(H2,11,14,15). The summed E-state index contributed by atoms with van der Waals surface area (Å²) >= 11 is 0. The maximum absolute atomic E-state index is 10.9. The van der Waals surface area contributed by atoms with Gasteiger partial charge in [-0.1, -0.05) is 0 Å². The molecule has 0 aliphatic carbocycles. The van der Waals surface area contributed by atoms with Crippen molar-refractivity contribution in [2.24, 2.45) is 0 Å². The summed E-state index contributed by atoms with van der Waals surface area (Å²) in [7, 11) is 0.